The smallest absolute Gasteiger partial charge is 0.254 e. The number of carbonyl (C=O) groups is 1. The van der Waals surface area contributed by atoms with Crippen molar-refractivity contribution in [2.45, 2.75) is 63.5 Å². The highest BCUT2D eigenvalue weighted by atomic mass is 16.5. The molecule has 1 unspecified atom stereocenters. The molecule has 1 heterocycles. The lowest BCUT2D eigenvalue weighted by Crippen LogP contribution is -2.36. The van der Waals surface area contributed by atoms with E-state index in [2.05, 4.69) is 4.90 Å². The summed E-state index contributed by atoms with van der Waals surface area (Å²) >= 11 is 0. The highest BCUT2D eigenvalue weighted by Gasteiger charge is 2.40. The van der Waals surface area contributed by atoms with Crippen molar-refractivity contribution in [2.24, 2.45) is 5.92 Å². The quantitative estimate of drug-likeness (QED) is 0.818. The van der Waals surface area contributed by atoms with E-state index in [1.165, 1.54) is 25.7 Å². The second kappa shape index (κ2) is 6.66. The largest absolute Gasteiger partial charge is 0.493 e. The predicted molar refractivity (Wildman–Crippen MR) is 92.7 cm³/mol. The Labute approximate surface area is 144 Å². The fraction of sp³-hybridized carbons (Fsp3) is 0.650. The molecule has 3 aliphatic rings. The van der Waals surface area contributed by atoms with Crippen molar-refractivity contribution in [1.29, 1.82) is 0 Å². The lowest BCUT2D eigenvalue weighted by Gasteiger charge is -2.25. The average Bonchev–Trinajstić information content (AvgIpc) is 3.11. The van der Waals surface area contributed by atoms with Crippen molar-refractivity contribution in [2.75, 3.05) is 13.7 Å². The Balaban J connectivity index is 1.51. The molecule has 0 aromatic heterocycles. The van der Waals surface area contributed by atoms with Crippen LogP contribution in [0, 0.1) is 5.92 Å². The number of amides is 1. The average molecular weight is 329 g/mol. The molecule has 4 rings (SSSR count). The van der Waals surface area contributed by atoms with Crippen LogP contribution < -0.4 is 9.47 Å². The van der Waals surface area contributed by atoms with E-state index in [4.69, 9.17) is 9.47 Å². The zero-order chi connectivity index (χ0) is 16.5. The van der Waals surface area contributed by atoms with Gasteiger partial charge in [0.1, 0.15) is 0 Å². The summed E-state index contributed by atoms with van der Waals surface area (Å²) < 4.78 is 11.6. The van der Waals surface area contributed by atoms with Crippen LogP contribution in [0.2, 0.25) is 0 Å². The normalized spacial score (nSPS) is 24.4. The van der Waals surface area contributed by atoms with E-state index in [9.17, 15) is 4.79 Å². The Morgan fingerprint density at radius 1 is 1.04 bits per heavy atom. The lowest BCUT2D eigenvalue weighted by molar-refractivity contribution is 0.0720. The number of benzene rings is 1. The molecule has 0 bridgehead atoms. The van der Waals surface area contributed by atoms with Gasteiger partial charge in [0.05, 0.1) is 13.2 Å². The summed E-state index contributed by atoms with van der Waals surface area (Å²) in [4.78, 5) is 15.0. The van der Waals surface area contributed by atoms with Crippen LogP contribution in [-0.4, -0.2) is 36.6 Å². The Kier molecular flexibility index (Phi) is 4.38. The topological polar surface area (TPSA) is 38.8 Å². The molecule has 1 amide bonds. The molecule has 2 aliphatic carbocycles. The van der Waals surface area contributed by atoms with Crippen LogP contribution in [0.15, 0.2) is 18.2 Å². The molecule has 1 atom stereocenters. The van der Waals surface area contributed by atoms with E-state index in [1.807, 2.05) is 18.2 Å². The minimum atomic E-state index is 0.148. The molecule has 4 nitrogen and oxygen atoms in total. The first-order chi connectivity index (χ1) is 11.8. The summed E-state index contributed by atoms with van der Waals surface area (Å²) in [6.45, 7) is 0.892. The predicted octanol–water partition coefficient (Wildman–Crippen LogP) is 4.03. The molecule has 4 heteroatoms. The summed E-state index contributed by atoms with van der Waals surface area (Å²) in [5.74, 6) is 2.33. The first kappa shape index (κ1) is 15.8. The molecular formula is C20H27NO3. The Morgan fingerprint density at radius 2 is 1.83 bits per heavy atom. The van der Waals surface area contributed by atoms with Gasteiger partial charge in [0.15, 0.2) is 11.5 Å². The Bertz CT molecular complexity index is 605. The second-order valence-corrected chi connectivity index (χ2v) is 7.44. The van der Waals surface area contributed by atoms with Gasteiger partial charge in [-0.15, -0.1) is 0 Å². The number of hydrogen-bond acceptors (Lipinski definition) is 3. The molecule has 2 saturated carbocycles. The van der Waals surface area contributed by atoms with Crippen LogP contribution in [0.1, 0.15) is 61.7 Å². The molecule has 24 heavy (non-hydrogen) atoms. The Morgan fingerprint density at radius 3 is 2.54 bits per heavy atom. The fourth-order valence-electron chi connectivity index (χ4n) is 4.27. The number of likely N-dealkylation sites (tertiary alicyclic amines) is 1. The number of carbonyl (C=O) groups excluding carboxylic acids is 1. The maximum atomic E-state index is 12.9. The molecule has 0 N–H and O–H groups in total. The summed E-state index contributed by atoms with van der Waals surface area (Å²) in [6, 6.07) is 6.12. The maximum Gasteiger partial charge on any atom is 0.254 e. The van der Waals surface area contributed by atoms with Gasteiger partial charge >= 0.3 is 0 Å². The SMILES string of the molecule is COc1cc(C(=O)N2CCCC2C2CC2)ccc1OC1CCCC1. The van der Waals surface area contributed by atoms with Crippen LogP contribution >= 0.6 is 0 Å². The lowest BCUT2D eigenvalue weighted by atomic mass is 10.1. The molecule has 1 aromatic carbocycles. The van der Waals surface area contributed by atoms with Crippen LogP contribution in [-0.2, 0) is 0 Å². The highest BCUT2D eigenvalue weighted by Crippen LogP contribution is 2.41. The monoisotopic (exact) mass is 329 g/mol. The van der Waals surface area contributed by atoms with Crippen molar-refractivity contribution in [3.8, 4) is 11.5 Å². The minimum absolute atomic E-state index is 0.148. The highest BCUT2D eigenvalue weighted by molar-refractivity contribution is 5.95. The molecule has 1 aliphatic heterocycles. The number of nitrogens with zero attached hydrogens (tertiary/aromatic N) is 1. The van der Waals surface area contributed by atoms with Gasteiger partial charge in [-0.1, -0.05) is 0 Å². The molecule has 0 spiro atoms. The maximum absolute atomic E-state index is 12.9. The minimum Gasteiger partial charge on any atom is -0.493 e. The van der Waals surface area contributed by atoms with Gasteiger partial charge in [-0.3, -0.25) is 4.79 Å². The summed E-state index contributed by atoms with van der Waals surface area (Å²) in [6.07, 6.45) is 9.85. The molecule has 0 radical (unpaired) electrons. The van der Waals surface area contributed by atoms with Gasteiger partial charge in [-0.05, 0) is 75.5 Å². The van der Waals surface area contributed by atoms with Crippen molar-refractivity contribution in [3.63, 3.8) is 0 Å². The molecule has 1 aromatic rings. The number of ether oxygens (including phenoxy) is 2. The van der Waals surface area contributed by atoms with Gasteiger partial charge in [-0.25, -0.2) is 0 Å². The second-order valence-electron chi connectivity index (χ2n) is 7.44. The van der Waals surface area contributed by atoms with E-state index in [-0.39, 0.29) is 5.91 Å². The molecular weight excluding hydrogens is 302 g/mol. The molecule has 3 fully saturated rings. The third kappa shape index (κ3) is 3.11. The third-order valence-corrected chi connectivity index (χ3v) is 5.73. The zero-order valence-corrected chi connectivity index (χ0v) is 14.5. The fourth-order valence-corrected chi connectivity index (χ4v) is 4.27. The standard InChI is InChI=1S/C20H27NO3/c1-23-19-13-15(10-11-18(19)24-16-5-2-3-6-16)20(22)21-12-4-7-17(21)14-8-9-14/h10-11,13-14,16-17H,2-9,12H2,1H3. The first-order valence-corrected chi connectivity index (χ1v) is 9.42. The van der Waals surface area contributed by atoms with Crippen molar-refractivity contribution in [3.05, 3.63) is 23.8 Å². The van der Waals surface area contributed by atoms with Gasteiger partial charge in [0.25, 0.3) is 5.91 Å². The van der Waals surface area contributed by atoms with E-state index >= 15 is 0 Å². The van der Waals surface area contributed by atoms with Crippen LogP contribution in [0.3, 0.4) is 0 Å². The van der Waals surface area contributed by atoms with Gasteiger partial charge in [-0.2, -0.15) is 0 Å². The number of rotatable bonds is 5. The third-order valence-electron chi connectivity index (χ3n) is 5.73. The van der Waals surface area contributed by atoms with Gasteiger partial charge in [0.2, 0.25) is 0 Å². The van der Waals surface area contributed by atoms with E-state index in [0.717, 1.165) is 49.5 Å². The molecule has 130 valence electrons. The van der Waals surface area contributed by atoms with Gasteiger partial charge < -0.3 is 14.4 Å². The van der Waals surface area contributed by atoms with Crippen molar-refractivity contribution < 1.29 is 14.3 Å². The van der Waals surface area contributed by atoms with E-state index in [1.54, 1.807) is 7.11 Å². The number of hydrogen-bond donors (Lipinski definition) is 0. The first-order valence-electron chi connectivity index (χ1n) is 9.42. The van der Waals surface area contributed by atoms with Gasteiger partial charge in [0, 0.05) is 18.2 Å². The summed E-state index contributed by atoms with van der Waals surface area (Å²) in [5.41, 5.74) is 0.721. The Hall–Kier alpha value is -1.71. The van der Waals surface area contributed by atoms with Crippen LogP contribution in [0.4, 0.5) is 0 Å². The summed E-state index contributed by atoms with van der Waals surface area (Å²) in [5, 5.41) is 0. The summed E-state index contributed by atoms with van der Waals surface area (Å²) in [7, 11) is 1.65. The van der Waals surface area contributed by atoms with Crippen molar-refractivity contribution in [1.82, 2.24) is 4.90 Å². The zero-order valence-electron chi connectivity index (χ0n) is 14.5. The van der Waals surface area contributed by atoms with E-state index < -0.39 is 0 Å². The number of methoxy groups -OCH3 is 1. The molecule has 1 saturated heterocycles. The van der Waals surface area contributed by atoms with Crippen LogP contribution in [0.5, 0.6) is 11.5 Å². The van der Waals surface area contributed by atoms with Crippen LogP contribution in [0.25, 0.3) is 0 Å². The van der Waals surface area contributed by atoms with E-state index in [0.29, 0.717) is 17.9 Å². The van der Waals surface area contributed by atoms with Crippen molar-refractivity contribution >= 4 is 5.91 Å².